The maximum atomic E-state index is 12.0. The molecule has 0 aliphatic carbocycles. The molecule has 1 aliphatic rings. The van der Waals surface area contributed by atoms with Crippen LogP contribution in [0.15, 0.2) is 6.33 Å². The highest BCUT2D eigenvalue weighted by molar-refractivity contribution is 5.81. The van der Waals surface area contributed by atoms with Gasteiger partial charge in [0.05, 0.1) is 12.6 Å². The molecule has 1 aromatic rings. The lowest BCUT2D eigenvalue weighted by molar-refractivity contribution is -0.123. The number of aromatic nitrogens is 3. The molecule has 2 N–H and O–H groups in total. The predicted molar refractivity (Wildman–Crippen MR) is 67.7 cm³/mol. The minimum absolute atomic E-state index is 0.0569. The van der Waals surface area contributed by atoms with E-state index in [9.17, 15) is 4.79 Å². The third-order valence-corrected chi connectivity index (χ3v) is 3.35. The average Bonchev–Trinajstić information content (AvgIpc) is 2.71. The second-order valence-electron chi connectivity index (χ2n) is 4.79. The van der Waals surface area contributed by atoms with Crippen molar-refractivity contribution >= 4 is 5.91 Å². The summed E-state index contributed by atoms with van der Waals surface area (Å²) in [5.74, 6) is 0.842. The monoisotopic (exact) mass is 251 g/mol. The standard InChI is InChI=1S/C12H21N5O/c1-17-9-15-16-11(17)8-14-12(18)10-6-4-2-3-5-7-13-10/h9-10,13H,2-8H2,1H3,(H,14,18). The van der Waals surface area contributed by atoms with Gasteiger partial charge in [0.25, 0.3) is 0 Å². The maximum Gasteiger partial charge on any atom is 0.237 e. The molecule has 18 heavy (non-hydrogen) atoms. The van der Waals surface area contributed by atoms with Crippen LogP contribution in [0.3, 0.4) is 0 Å². The van der Waals surface area contributed by atoms with Crippen LogP contribution in [-0.2, 0) is 18.4 Å². The molecule has 100 valence electrons. The Labute approximate surface area is 107 Å². The number of nitrogens with zero attached hydrogens (tertiary/aromatic N) is 3. The highest BCUT2D eigenvalue weighted by Gasteiger charge is 2.18. The summed E-state index contributed by atoms with van der Waals surface area (Å²) in [4.78, 5) is 12.0. The van der Waals surface area contributed by atoms with Crippen molar-refractivity contribution in [2.24, 2.45) is 7.05 Å². The van der Waals surface area contributed by atoms with Crippen molar-refractivity contribution in [2.45, 2.75) is 44.7 Å². The van der Waals surface area contributed by atoms with Crippen molar-refractivity contribution in [3.05, 3.63) is 12.2 Å². The fourth-order valence-electron chi connectivity index (χ4n) is 2.19. The zero-order chi connectivity index (χ0) is 12.8. The summed E-state index contributed by atoms with van der Waals surface area (Å²) in [6.45, 7) is 1.37. The fourth-order valence-corrected chi connectivity index (χ4v) is 2.19. The lowest BCUT2D eigenvalue weighted by atomic mass is 10.0. The minimum Gasteiger partial charge on any atom is -0.347 e. The van der Waals surface area contributed by atoms with Crippen molar-refractivity contribution < 1.29 is 4.79 Å². The van der Waals surface area contributed by atoms with Crippen molar-refractivity contribution in [3.8, 4) is 0 Å². The van der Waals surface area contributed by atoms with Gasteiger partial charge in [-0.2, -0.15) is 0 Å². The van der Waals surface area contributed by atoms with E-state index >= 15 is 0 Å². The first-order valence-electron chi connectivity index (χ1n) is 6.61. The van der Waals surface area contributed by atoms with Crippen LogP contribution in [0.5, 0.6) is 0 Å². The smallest absolute Gasteiger partial charge is 0.237 e. The van der Waals surface area contributed by atoms with Crippen LogP contribution >= 0.6 is 0 Å². The summed E-state index contributed by atoms with van der Waals surface area (Å²) >= 11 is 0. The molecule has 1 aromatic heterocycles. The van der Waals surface area contributed by atoms with Crippen LogP contribution in [-0.4, -0.2) is 33.3 Å². The van der Waals surface area contributed by atoms with Crippen LogP contribution < -0.4 is 10.6 Å². The Balaban J connectivity index is 1.81. The van der Waals surface area contributed by atoms with Crippen molar-refractivity contribution in [1.82, 2.24) is 25.4 Å². The van der Waals surface area contributed by atoms with Gasteiger partial charge >= 0.3 is 0 Å². The van der Waals surface area contributed by atoms with Crippen LogP contribution in [0.4, 0.5) is 0 Å². The summed E-state index contributed by atoms with van der Waals surface area (Å²) in [7, 11) is 1.87. The summed E-state index contributed by atoms with van der Waals surface area (Å²) < 4.78 is 1.81. The molecule has 2 rings (SSSR count). The second-order valence-corrected chi connectivity index (χ2v) is 4.79. The number of carbonyl (C=O) groups is 1. The summed E-state index contributed by atoms with van der Waals surface area (Å²) in [5.41, 5.74) is 0. The molecule has 1 saturated heterocycles. The van der Waals surface area contributed by atoms with Gasteiger partial charge in [0.1, 0.15) is 6.33 Å². The average molecular weight is 251 g/mol. The maximum absolute atomic E-state index is 12.0. The van der Waals surface area contributed by atoms with Gasteiger partial charge in [-0.25, -0.2) is 0 Å². The van der Waals surface area contributed by atoms with Crippen molar-refractivity contribution in [3.63, 3.8) is 0 Å². The molecular formula is C12H21N5O. The van der Waals surface area contributed by atoms with E-state index in [4.69, 9.17) is 0 Å². The predicted octanol–water partition coefficient (Wildman–Crippen LogP) is 0.354. The third kappa shape index (κ3) is 3.53. The van der Waals surface area contributed by atoms with E-state index in [1.807, 2.05) is 11.6 Å². The normalized spacial score (nSPS) is 21.1. The minimum atomic E-state index is -0.0569. The molecule has 6 heteroatoms. The lowest BCUT2D eigenvalue weighted by Crippen LogP contribution is -2.45. The Morgan fingerprint density at radius 2 is 2.33 bits per heavy atom. The number of amides is 1. The van der Waals surface area contributed by atoms with Crippen LogP contribution in [0.1, 0.15) is 37.9 Å². The number of aryl methyl sites for hydroxylation is 1. The largest absolute Gasteiger partial charge is 0.347 e. The molecule has 0 bridgehead atoms. The van der Waals surface area contributed by atoms with Crippen LogP contribution in [0, 0.1) is 0 Å². The lowest BCUT2D eigenvalue weighted by Gasteiger charge is -2.20. The Kier molecular flexibility index (Phi) is 4.69. The quantitative estimate of drug-likeness (QED) is 0.813. The summed E-state index contributed by atoms with van der Waals surface area (Å²) in [5, 5.41) is 14.0. The molecule has 0 aromatic carbocycles. The van der Waals surface area contributed by atoms with E-state index in [0.717, 1.165) is 31.6 Å². The van der Waals surface area contributed by atoms with E-state index in [2.05, 4.69) is 20.8 Å². The first-order chi connectivity index (χ1) is 8.77. The summed E-state index contributed by atoms with van der Waals surface area (Å²) in [6.07, 6.45) is 7.33. The van der Waals surface area contributed by atoms with E-state index in [0.29, 0.717) is 6.54 Å². The third-order valence-electron chi connectivity index (χ3n) is 3.35. The highest BCUT2D eigenvalue weighted by Crippen LogP contribution is 2.09. The summed E-state index contributed by atoms with van der Waals surface area (Å²) in [6, 6.07) is -0.0569. The Bertz CT molecular complexity index is 382. The first-order valence-corrected chi connectivity index (χ1v) is 6.61. The molecule has 0 saturated carbocycles. The van der Waals surface area contributed by atoms with Gasteiger partial charge in [0.15, 0.2) is 5.82 Å². The number of hydrogen-bond donors (Lipinski definition) is 2. The van der Waals surface area contributed by atoms with Crippen molar-refractivity contribution in [2.75, 3.05) is 6.54 Å². The molecule has 6 nitrogen and oxygen atoms in total. The number of carbonyl (C=O) groups excluding carboxylic acids is 1. The van der Waals surface area contributed by atoms with Crippen molar-refractivity contribution in [1.29, 1.82) is 0 Å². The molecule has 1 aliphatic heterocycles. The first kappa shape index (κ1) is 13.0. The zero-order valence-electron chi connectivity index (χ0n) is 10.9. The van der Waals surface area contributed by atoms with Gasteiger partial charge in [-0.05, 0) is 19.4 Å². The molecule has 0 spiro atoms. The van der Waals surface area contributed by atoms with Crippen LogP contribution in [0.2, 0.25) is 0 Å². The van der Waals surface area contributed by atoms with E-state index in [-0.39, 0.29) is 11.9 Å². The molecule has 1 atom stereocenters. The highest BCUT2D eigenvalue weighted by atomic mass is 16.2. The van der Waals surface area contributed by atoms with Gasteiger partial charge in [-0.1, -0.05) is 19.3 Å². The zero-order valence-corrected chi connectivity index (χ0v) is 10.9. The number of rotatable bonds is 3. The molecule has 1 unspecified atom stereocenters. The Morgan fingerprint density at radius 3 is 3.11 bits per heavy atom. The molecular weight excluding hydrogens is 230 g/mol. The molecule has 0 radical (unpaired) electrons. The number of hydrogen-bond acceptors (Lipinski definition) is 4. The van der Waals surface area contributed by atoms with E-state index < -0.39 is 0 Å². The SMILES string of the molecule is Cn1cnnc1CNC(=O)C1CCCCCCN1. The second kappa shape index (κ2) is 6.49. The Morgan fingerprint density at radius 1 is 1.50 bits per heavy atom. The molecule has 2 heterocycles. The molecule has 1 amide bonds. The number of nitrogens with one attached hydrogen (secondary N) is 2. The fraction of sp³-hybridized carbons (Fsp3) is 0.750. The molecule has 1 fully saturated rings. The van der Waals surface area contributed by atoms with Gasteiger partial charge < -0.3 is 15.2 Å². The Hall–Kier alpha value is -1.43. The van der Waals surface area contributed by atoms with Gasteiger partial charge in [-0.15, -0.1) is 10.2 Å². The topological polar surface area (TPSA) is 71.8 Å². The van der Waals surface area contributed by atoms with E-state index in [1.54, 1.807) is 6.33 Å². The van der Waals surface area contributed by atoms with Crippen LogP contribution in [0.25, 0.3) is 0 Å². The van der Waals surface area contributed by atoms with Gasteiger partial charge in [0.2, 0.25) is 5.91 Å². The van der Waals surface area contributed by atoms with E-state index in [1.165, 1.54) is 12.8 Å². The van der Waals surface area contributed by atoms with Gasteiger partial charge in [0, 0.05) is 7.05 Å². The van der Waals surface area contributed by atoms with Gasteiger partial charge in [-0.3, -0.25) is 4.79 Å².